The molecule has 0 saturated heterocycles. The van der Waals surface area contributed by atoms with Crippen LogP contribution >= 0.6 is 0 Å². The maximum absolute atomic E-state index is 5.84. The smallest absolute Gasteiger partial charge is 0.307 e. The van der Waals surface area contributed by atoms with Gasteiger partial charge in [-0.2, -0.15) is 4.98 Å². The third kappa shape index (κ3) is 2.47. The molecule has 0 atom stereocenters. The van der Waals surface area contributed by atoms with Gasteiger partial charge in [0.2, 0.25) is 5.52 Å². The predicted molar refractivity (Wildman–Crippen MR) is 73.5 cm³/mol. The van der Waals surface area contributed by atoms with Gasteiger partial charge in [-0.25, -0.2) is 4.98 Å². The Labute approximate surface area is 110 Å². The third-order valence-electron chi connectivity index (χ3n) is 2.90. The van der Waals surface area contributed by atoms with Crippen LogP contribution < -0.4 is 16.0 Å². The van der Waals surface area contributed by atoms with E-state index in [1.54, 1.807) is 6.33 Å². The molecule has 0 radical (unpaired) electrons. The van der Waals surface area contributed by atoms with Gasteiger partial charge in [-0.05, 0) is 12.0 Å². The van der Waals surface area contributed by atoms with E-state index in [0.29, 0.717) is 17.4 Å². The van der Waals surface area contributed by atoms with Crippen molar-refractivity contribution in [3.8, 4) is 0 Å². The molecule has 2 heterocycles. The second kappa shape index (κ2) is 4.93. The second-order valence-corrected chi connectivity index (χ2v) is 4.25. The number of hydrogen-bond donors (Lipinski definition) is 3. The summed E-state index contributed by atoms with van der Waals surface area (Å²) in [6, 6.07) is 10.3. The first-order valence-corrected chi connectivity index (χ1v) is 6.13. The van der Waals surface area contributed by atoms with Gasteiger partial charge in [-0.1, -0.05) is 35.3 Å². The van der Waals surface area contributed by atoms with Crippen LogP contribution in [0.5, 0.6) is 0 Å². The van der Waals surface area contributed by atoms with Crippen molar-refractivity contribution in [2.45, 2.75) is 6.42 Å². The number of H-pyrrole nitrogens is 2. The SMILES string of the molecule is Nc1nc(NCCc2ccccc2)nc2[nH+]c[nH]c12. The molecule has 3 aromatic rings. The summed E-state index contributed by atoms with van der Waals surface area (Å²) < 4.78 is 0. The Balaban J connectivity index is 1.68. The maximum Gasteiger partial charge on any atom is 0.307 e. The van der Waals surface area contributed by atoms with Crippen LogP contribution in [0.25, 0.3) is 11.2 Å². The van der Waals surface area contributed by atoms with E-state index in [4.69, 9.17) is 5.73 Å². The van der Waals surface area contributed by atoms with Gasteiger partial charge in [0, 0.05) is 6.54 Å². The molecule has 5 N–H and O–H groups in total. The molecule has 0 aliphatic carbocycles. The molecule has 0 unspecified atom stereocenters. The van der Waals surface area contributed by atoms with Crippen LogP contribution in [-0.4, -0.2) is 21.5 Å². The fourth-order valence-corrected chi connectivity index (χ4v) is 1.94. The zero-order valence-electron chi connectivity index (χ0n) is 10.4. The molecule has 0 aliphatic heterocycles. The lowest BCUT2D eigenvalue weighted by molar-refractivity contribution is -0.347. The molecule has 3 rings (SSSR count). The Morgan fingerprint density at radius 3 is 2.89 bits per heavy atom. The van der Waals surface area contributed by atoms with E-state index in [1.807, 2.05) is 18.2 Å². The average molecular weight is 255 g/mol. The van der Waals surface area contributed by atoms with Gasteiger partial charge in [0.15, 0.2) is 12.1 Å². The number of aromatic amines is 2. The highest BCUT2D eigenvalue weighted by Crippen LogP contribution is 2.13. The first kappa shape index (κ1) is 11.5. The van der Waals surface area contributed by atoms with Crippen molar-refractivity contribution in [2.24, 2.45) is 0 Å². The summed E-state index contributed by atoms with van der Waals surface area (Å²) in [6.45, 7) is 0.763. The molecular weight excluding hydrogens is 240 g/mol. The molecule has 0 bridgehead atoms. The number of anilines is 2. The summed E-state index contributed by atoms with van der Waals surface area (Å²) in [4.78, 5) is 14.5. The van der Waals surface area contributed by atoms with E-state index in [0.717, 1.165) is 18.5 Å². The van der Waals surface area contributed by atoms with Crippen molar-refractivity contribution in [3.63, 3.8) is 0 Å². The van der Waals surface area contributed by atoms with Crippen molar-refractivity contribution in [3.05, 3.63) is 42.2 Å². The molecule has 0 amide bonds. The molecule has 2 aromatic heterocycles. The van der Waals surface area contributed by atoms with Crippen LogP contribution in [0.15, 0.2) is 36.7 Å². The lowest BCUT2D eigenvalue weighted by atomic mass is 10.1. The zero-order valence-corrected chi connectivity index (χ0v) is 10.4. The highest BCUT2D eigenvalue weighted by atomic mass is 15.2. The number of nitrogens with two attached hydrogens (primary N) is 1. The van der Waals surface area contributed by atoms with Gasteiger partial charge in [0.1, 0.15) is 0 Å². The molecule has 1 aromatic carbocycles. The van der Waals surface area contributed by atoms with Crippen molar-refractivity contribution < 1.29 is 4.98 Å². The number of nitrogens with one attached hydrogen (secondary N) is 3. The Kier molecular flexibility index (Phi) is 2.97. The van der Waals surface area contributed by atoms with Crippen LogP contribution in [0.1, 0.15) is 5.56 Å². The van der Waals surface area contributed by atoms with Crippen molar-refractivity contribution in [1.82, 2.24) is 15.0 Å². The van der Waals surface area contributed by atoms with Gasteiger partial charge < -0.3 is 11.1 Å². The Hall–Kier alpha value is -2.63. The van der Waals surface area contributed by atoms with Crippen molar-refractivity contribution >= 4 is 22.9 Å². The molecule has 6 nitrogen and oxygen atoms in total. The van der Waals surface area contributed by atoms with Crippen molar-refractivity contribution in [1.29, 1.82) is 0 Å². The minimum atomic E-state index is 0.438. The van der Waals surface area contributed by atoms with Crippen molar-refractivity contribution in [2.75, 3.05) is 17.6 Å². The Bertz CT molecular complexity index is 676. The van der Waals surface area contributed by atoms with Gasteiger partial charge in [0.25, 0.3) is 0 Å². The highest BCUT2D eigenvalue weighted by molar-refractivity contribution is 5.79. The number of aromatic nitrogens is 4. The fourth-order valence-electron chi connectivity index (χ4n) is 1.94. The molecule has 0 spiro atoms. The summed E-state index contributed by atoms with van der Waals surface area (Å²) >= 11 is 0. The molecule has 6 heteroatoms. The van der Waals surface area contributed by atoms with Gasteiger partial charge in [0.05, 0.1) is 0 Å². The lowest BCUT2D eigenvalue weighted by Crippen LogP contribution is -2.10. The van der Waals surface area contributed by atoms with Gasteiger partial charge in [-0.15, -0.1) is 0 Å². The maximum atomic E-state index is 5.84. The predicted octanol–water partition coefficient (Wildman–Crippen LogP) is 1.01. The van der Waals surface area contributed by atoms with E-state index >= 15 is 0 Å². The molecule has 0 saturated carbocycles. The molecular formula is C13H15N6+. The van der Waals surface area contributed by atoms with Gasteiger partial charge in [-0.3, -0.25) is 4.98 Å². The largest absolute Gasteiger partial charge is 0.380 e. The monoisotopic (exact) mass is 255 g/mol. The minimum Gasteiger partial charge on any atom is -0.380 e. The Morgan fingerprint density at radius 1 is 1.21 bits per heavy atom. The molecule has 96 valence electrons. The van der Waals surface area contributed by atoms with E-state index < -0.39 is 0 Å². The third-order valence-corrected chi connectivity index (χ3v) is 2.90. The summed E-state index contributed by atoms with van der Waals surface area (Å²) in [5.41, 5.74) is 8.55. The molecule has 0 fully saturated rings. The lowest BCUT2D eigenvalue weighted by Gasteiger charge is -2.02. The number of imidazole rings is 1. The van der Waals surface area contributed by atoms with E-state index in [9.17, 15) is 0 Å². The van der Waals surface area contributed by atoms with Gasteiger partial charge >= 0.3 is 11.6 Å². The summed E-state index contributed by atoms with van der Waals surface area (Å²) in [5.74, 6) is 0.977. The molecule has 19 heavy (non-hydrogen) atoms. The van der Waals surface area contributed by atoms with Crippen LogP contribution in [-0.2, 0) is 6.42 Å². The normalized spacial score (nSPS) is 10.7. The highest BCUT2D eigenvalue weighted by Gasteiger charge is 2.12. The number of nitrogen functional groups attached to an aromatic ring is 1. The Morgan fingerprint density at radius 2 is 2.05 bits per heavy atom. The topological polar surface area (TPSA) is 93.8 Å². The zero-order chi connectivity index (χ0) is 13.1. The average Bonchev–Trinajstić information content (AvgIpc) is 2.89. The van der Waals surface area contributed by atoms with Crippen LogP contribution in [0, 0.1) is 0 Å². The standard InChI is InChI=1S/C13H14N6/c14-11-10-12(17-8-16-10)19-13(18-11)15-7-6-9-4-2-1-3-5-9/h1-5,8H,6-7H2,(H4,14,15,16,17,18,19)/p+1. The molecule has 0 aliphatic rings. The minimum absolute atomic E-state index is 0.438. The number of fused-ring (bicyclic) bond motifs is 1. The summed E-state index contributed by atoms with van der Waals surface area (Å²) in [6.07, 6.45) is 2.60. The number of benzene rings is 1. The number of hydrogen-bond acceptors (Lipinski definition) is 4. The number of nitrogens with zero attached hydrogens (tertiary/aromatic N) is 2. The second-order valence-electron chi connectivity index (χ2n) is 4.25. The van der Waals surface area contributed by atoms with Crippen LogP contribution in [0.2, 0.25) is 0 Å². The summed E-state index contributed by atoms with van der Waals surface area (Å²) in [7, 11) is 0. The van der Waals surface area contributed by atoms with Crippen LogP contribution in [0.4, 0.5) is 11.8 Å². The fraction of sp³-hybridized carbons (Fsp3) is 0.154. The van der Waals surface area contributed by atoms with Crippen LogP contribution in [0.3, 0.4) is 0 Å². The quantitative estimate of drug-likeness (QED) is 0.648. The van der Waals surface area contributed by atoms with E-state index in [-0.39, 0.29) is 0 Å². The van der Waals surface area contributed by atoms with E-state index in [2.05, 4.69) is 37.4 Å². The first-order valence-electron chi connectivity index (χ1n) is 6.13. The summed E-state index contributed by atoms with van der Waals surface area (Å²) in [5, 5.41) is 3.18. The van der Waals surface area contributed by atoms with E-state index in [1.165, 1.54) is 5.56 Å². The first-order chi connectivity index (χ1) is 9.33. The number of rotatable bonds is 4.